The van der Waals surface area contributed by atoms with Crippen molar-refractivity contribution in [2.24, 2.45) is 0 Å². The molecule has 1 unspecified atom stereocenters. The molecule has 0 spiro atoms. The minimum atomic E-state index is -1.50. The van der Waals surface area contributed by atoms with E-state index in [0.29, 0.717) is 16.3 Å². The number of benzene rings is 2. The van der Waals surface area contributed by atoms with Crippen LogP contribution < -0.4 is 10.6 Å². The number of amides is 2. The van der Waals surface area contributed by atoms with Crippen LogP contribution in [0.2, 0.25) is 5.02 Å². The summed E-state index contributed by atoms with van der Waals surface area (Å²) in [6.45, 7) is 1.39. The van der Waals surface area contributed by atoms with Gasteiger partial charge in [-0.25, -0.2) is 13.6 Å². The maximum Gasteiger partial charge on any atom is 0.319 e. The minimum Gasteiger partial charge on any atom is -0.386 e. The Morgan fingerprint density at radius 2 is 1.83 bits per heavy atom. The standard InChI is InChI=1S/C16H15ClF2N2O2/c1-9-10(17)4-2-7-13(9)21-16(23)20-8-14(22)15-11(18)5-3-6-12(15)19/h2-7,14,22H,8H2,1H3,(H2,20,21,23). The van der Waals surface area contributed by atoms with Gasteiger partial charge in [0.15, 0.2) is 0 Å². The zero-order chi connectivity index (χ0) is 17.0. The Hall–Kier alpha value is -2.18. The lowest BCUT2D eigenvalue weighted by molar-refractivity contribution is 0.166. The molecule has 1 atom stereocenters. The minimum absolute atomic E-state index is 0.344. The maximum atomic E-state index is 13.5. The van der Waals surface area contributed by atoms with Crippen molar-refractivity contribution in [3.63, 3.8) is 0 Å². The predicted molar refractivity (Wildman–Crippen MR) is 84.5 cm³/mol. The van der Waals surface area contributed by atoms with Crippen LogP contribution in [-0.2, 0) is 0 Å². The molecule has 122 valence electrons. The lowest BCUT2D eigenvalue weighted by Crippen LogP contribution is -2.33. The molecular weight excluding hydrogens is 326 g/mol. The summed E-state index contributed by atoms with van der Waals surface area (Å²) in [5.41, 5.74) is 0.707. The van der Waals surface area contributed by atoms with Crippen LogP contribution in [0.3, 0.4) is 0 Å². The lowest BCUT2D eigenvalue weighted by Gasteiger charge is -2.15. The molecule has 7 heteroatoms. The lowest BCUT2D eigenvalue weighted by atomic mass is 10.1. The summed E-state index contributed by atoms with van der Waals surface area (Å²) in [7, 11) is 0. The summed E-state index contributed by atoms with van der Waals surface area (Å²) in [5, 5.41) is 15.3. The van der Waals surface area contributed by atoms with Crippen molar-refractivity contribution in [2.75, 3.05) is 11.9 Å². The zero-order valence-electron chi connectivity index (χ0n) is 12.2. The molecule has 2 amide bonds. The van der Waals surface area contributed by atoms with E-state index in [4.69, 9.17) is 11.6 Å². The molecular formula is C16H15ClF2N2O2. The third-order valence-electron chi connectivity index (χ3n) is 3.30. The summed E-state index contributed by atoms with van der Waals surface area (Å²) in [6, 6.07) is 7.68. The molecule has 0 aliphatic carbocycles. The normalized spacial score (nSPS) is 11.9. The number of hydrogen-bond donors (Lipinski definition) is 3. The van der Waals surface area contributed by atoms with Gasteiger partial charge in [-0.05, 0) is 36.8 Å². The Kier molecular flexibility index (Phi) is 5.52. The van der Waals surface area contributed by atoms with E-state index < -0.39 is 29.3 Å². The molecule has 2 aromatic carbocycles. The number of rotatable bonds is 4. The number of carbonyl (C=O) groups excluding carboxylic acids is 1. The molecule has 3 N–H and O–H groups in total. The Bertz CT molecular complexity index is 705. The fraction of sp³-hybridized carbons (Fsp3) is 0.188. The Morgan fingerprint density at radius 3 is 2.48 bits per heavy atom. The monoisotopic (exact) mass is 340 g/mol. The number of urea groups is 1. The number of halogens is 3. The van der Waals surface area contributed by atoms with Gasteiger partial charge in [0.2, 0.25) is 0 Å². The van der Waals surface area contributed by atoms with Crippen LogP contribution >= 0.6 is 11.6 Å². The largest absolute Gasteiger partial charge is 0.386 e. The Labute approximate surface area is 137 Å². The highest BCUT2D eigenvalue weighted by Crippen LogP contribution is 2.23. The van der Waals surface area contributed by atoms with E-state index in [1.54, 1.807) is 25.1 Å². The van der Waals surface area contributed by atoms with E-state index in [0.717, 1.165) is 12.1 Å². The fourth-order valence-corrected chi connectivity index (χ4v) is 2.20. The summed E-state index contributed by atoms with van der Waals surface area (Å²) in [6.07, 6.45) is -1.50. The average molecular weight is 341 g/mol. The van der Waals surface area contributed by atoms with Crippen molar-refractivity contribution >= 4 is 23.3 Å². The number of anilines is 1. The summed E-state index contributed by atoms with van der Waals surface area (Å²) >= 11 is 5.94. The fourth-order valence-electron chi connectivity index (χ4n) is 2.03. The Balaban J connectivity index is 1.98. The third-order valence-corrected chi connectivity index (χ3v) is 3.71. The van der Waals surface area contributed by atoms with Crippen LogP contribution in [-0.4, -0.2) is 17.7 Å². The van der Waals surface area contributed by atoms with Gasteiger partial charge in [-0.15, -0.1) is 0 Å². The molecule has 0 heterocycles. The van der Waals surface area contributed by atoms with Gasteiger partial charge < -0.3 is 15.7 Å². The van der Waals surface area contributed by atoms with Crippen LogP contribution in [0, 0.1) is 18.6 Å². The SMILES string of the molecule is Cc1c(Cl)cccc1NC(=O)NCC(O)c1c(F)cccc1F. The second-order valence-electron chi connectivity index (χ2n) is 4.90. The van der Waals surface area contributed by atoms with Gasteiger partial charge in [0, 0.05) is 17.3 Å². The molecule has 0 bridgehead atoms. The Morgan fingerprint density at radius 1 is 1.22 bits per heavy atom. The third kappa shape index (κ3) is 4.18. The van der Waals surface area contributed by atoms with E-state index in [9.17, 15) is 18.7 Å². The molecule has 0 saturated carbocycles. The smallest absolute Gasteiger partial charge is 0.319 e. The predicted octanol–water partition coefficient (Wildman–Crippen LogP) is 3.78. The van der Waals surface area contributed by atoms with Gasteiger partial charge in [-0.3, -0.25) is 0 Å². The molecule has 0 saturated heterocycles. The molecule has 0 aliphatic rings. The van der Waals surface area contributed by atoms with E-state index in [2.05, 4.69) is 10.6 Å². The van der Waals surface area contributed by atoms with Crippen LogP contribution in [0.5, 0.6) is 0 Å². The topological polar surface area (TPSA) is 61.4 Å². The molecule has 2 rings (SSSR count). The van der Waals surface area contributed by atoms with Crippen LogP contribution in [0.4, 0.5) is 19.3 Å². The number of nitrogens with one attached hydrogen (secondary N) is 2. The molecule has 4 nitrogen and oxygen atoms in total. The van der Waals surface area contributed by atoms with Gasteiger partial charge >= 0.3 is 6.03 Å². The van der Waals surface area contributed by atoms with Crippen molar-refractivity contribution in [3.8, 4) is 0 Å². The second kappa shape index (κ2) is 7.39. The molecule has 0 aromatic heterocycles. The maximum absolute atomic E-state index is 13.5. The van der Waals surface area contributed by atoms with Crippen molar-refractivity contribution in [3.05, 3.63) is 64.2 Å². The second-order valence-corrected chi connectivity index (χ2v) is 5.31. The molecule has 0 fully saturated rings. The number of hydrogen-bond acceptors (Lipinski definition) is 2. The first kappa shape index (κ1) is 17.2. The number of carbonyl (C=O) groups is 1. The van der Waals surface area contributed by atoms with E-state index in [1.807, 2.05) is 0 Å². The molecule has 23 heavy (non-hydrogen) atoms. The van der Waals surface area contributed by atoms with Crippen LogP contribution in [0.15, 0.2) is 36.4 Å². The van der Waals surface area contributed by atoms with Gasteiger partial charge in [-0.1, -0.05) is 23.7 Å². The highest BCUT2D eigenvalue weighted by Gasteiger charge is 2.18. The van der Waals surface area contributed by atoms with Crippen molar-refractivity contribution < 1.29 is 18.7 Å². The average Bonchev–Trinajstić information content (AvgIpc) is 2.49. The van der Waals surface area contributed by atoms with Gasteiger partial charge in [0.25, 0.3) is 0 Å². The first-order valence-electron chi connectivity index (χ1n) is 6.82. The van der Waals surface area contributed by atoms with Gasteiger partial charge in [-0.2, -0.15) is 0 Å². The van der Waals surface area contributed by atoms with Crippen molar-refractivity contribution in [2.45, 2.75) is 13.0 Å². The number of aliphatic hydroxyl groups excluding tert-OH is 1. The molecule has 0 radical (unpaired) electrons. The van der Waals surface area contributed by atoms with E-state index in [-0.39, 0.29) is 6.54 Å². The first-order chi connectivity index (χ1) is 10.9. The van der Waals surface area contributed by atoms with Crippen LogP contribution in [0.1, 0.15) is 17.2 Å². The van der Waals surface area contributed by atoms with Gasteiger partial charge in [0.1, 0.15) is 17.7 Å². The quantitative estimate of drug-likeness (QED) is 0.793. The zero-order valence-corrected chi connectivity index (χ0v) is 13.0. The summed E-state index contributed by atoms with van der Waals surface area (Å²) in [5.74, 6) is -1.74. The molecule has 0 aliphatic heterocycles. The highest BCUT2D eigenvalue weighted by molar-refractivity contribution is 6.31. The highest BCUT2D eigenvalue weighted by atomic mass is 35.5. The summed E-state index contributed by atoms with van der Waals surface area (Å²) in [4.78, 5) is 11.8. The van der Waals surface area contributed by atoms with Crippen LogP contribution in [0.25, 0.3) is 0 Å². The van der Waals surface area contributed by atoms with Crippen molar-refractivity contribution in [1.29, 1.82) is 0 Å². The van der Waals surface area contributed by atoms with E-state index >= 15 is 0 Å². The molecule has 2 aromatic rings. The number of aliphatic hydroxyl groups is 1. The first-order valence-corrected chi connectivity index (χ1v) is 7.20. The van der Waals surface area contributed by atoms with E-state index in [1.165, 1.54) is 6.07 Å². The summed E-state index contributed by atoms with van der Waals surface area (Å²) < 4.78 is 27.1. The van der Waals surface area contributed by atoms with Gasteiger partial charge in [0.05, 0.1) is 5.56 Å². The van der Waals surface area contributed by atoms with Crippen molar-refractivity contribution in [1.82, 2.24) is 5.32 Å².